The van der Waals surface area contributed by atoms with Crippen LogP contribution >= 0.6 is 23.2 Å². The fraction of sp³-hybridized carbons (Fsp3) is 0.440. The van der Waals surface area contributed by atoms with Gasteiger partial charge in [0.2, 0.25) is 5.91 Å². The fourth-order valence-electron chi connectivity index (χ4n) is 4.28. The van der Waals surface area contributed by atoms with Crippen LogP contribution in [-0.2, 0) is 9.53 Å². The van der Waals surface area contributed by atoms with Crippen molar-refractivity contribution in [1.29, 1.82) is 0 Å². The van der Waals surface area contributed by atoms with Crippen molar-refractivity contribution in [1.82, 2.24) is 14.7 Å². The Bertz CT molecular complexity index is 1030. The Kier molecular flexibility index (Phi) is 7.99. The molecule has 2 aromatic rings. The average molecular weight is 506 g/mol. The number of halogens is 2. The number of nitrogens with zero attached hydrogens (tertiary/aromatic N) is 3. The minimum absolute atomic E-state index is 0.00478. The number of benzene rings is 2. The van der Waals surface area contributed by atoms with Gasteiger partial charge in [0, 0.05) is 37.7 Å². The first kappa shape index (κ1) is 24.8. The minimum atomic E-state index is -0.988. The van der Waals surface area contributed by atoms with E-state index in [4.69, 9.17) is 32.7 Å². The average Bonchev–Trinajstić information content (AvgIpc) is 2.83. The molecule has 0 aliphatic carbocycles. The number of likely N-dealkylation sites (N-methyl/N-ethyl adjacent to an activating group) is 1. The van der Waals surface area contributed by atoms with Crippen molar-refractivity contribution in [3.8, 4) is 5.75 Å². The number of morpholine rings is 1. The Labute approximate surface area is 210 Å². The van der Waals surface area contributed by atoms with Crippen LogP contribution in [0.3, 0.4) is 0 Å². The number of ether oxygens (including phenoxy) is 2. The third-order valence-corrected chi connectivity index (χ3v) is 6.83. The summed E-state index contributed by atoms with van der Waals surface area (Å²) in [6.45, 7) is 4.03. The summed E-state index contributed by atoms with van der Waals surface area (Å²) >= 11 is 12.4. The second-order valence-electron chi connectivity index (χ2n) is 8.84. The van der Waals surface area contributed by atoms with E-state index in [-0.39, 0.29) is 31.4 Å². The van der Waals surface area contributed by atoms with Crippen LogP contribution < -0.4 is 4.74 Å². The van der Waals surface area contributed by atoms with Crippen LogP contribution in [0.4, 0.5) is 0 Å². The van der Waals surface area contributed by atoms with Gasteiger partial charge < -0.3 is 24.2 Å². The molecular weight excluding hydrogens is 477 g/mol. The molecule has 2 heterocycles. The second-order valence-corrected chi connectivity index (χ2v) is 9.69. The summed E-state index contributed by atoms with van der Waals surface area (Å²) in [5.74, 6) is 0.389. The SMILES string of the molecule is CN1CCN(C(=O)C[C@]2(COc3cccc(Cl)c3)CN(C(=O)c3ccccc3Cl)CCO2)CC1. The third-order valence-electron chi connectivity index (χ3n) is 6.27. The maximum atomic E-state index is 13.3. The van der Waals surface area contributed by atoms with Crippen molar-refractivity contribution < 1.29 is 19.1 Å². The van der Waals surface area contributed by atoms with Crippen LogP contribution in [0.2, 0.25) is 10.0 Å². The zero-order chi connectivity index (χ0) is 24.1. The lowest BCUT2D eigenvalue weighted by atomic mass is 9.96. The molecule has 34 heavy (non-hydrogen) atoms. The van der Waals surface area contributed by atoms with Gasteiger partial charge in [-0.05, 0) is 37.4 Å². The van der Waals surface area contributed by atoms with E-state index in [1.54, 1.807) is 53.4 Å². The highest BCUT2D eigenvalue weighted by Gasteiger charge is 2.43. The summed E-state index contributed by atoms with van der Waals surface area (Å²) in [5.41, 5.74) is -0.557. The van der Waals surface area contributed by atoms with Crippen LogP contribution in [0.5, 0.6) is 5.75 Å². The highest BCUT2D eigenvalue weighted by atomic mass is 35.5. The van der Waals surface area contributed by atoms with Crippen LogP contribution in [-0.4, -0.2) is 91.6 Å². The number of piperazine rings is 1. The Hall–Kier alpha value is -2.32. The Morgan fingerprint density at radius 1 is 1.00 bits per heavy atom. The topological polar surface area (TPSA) is 62.3 Å². The molecular formula is C25H29Cl2N3O4. The van der Waals surface area contributed by atoms with Crippen molar-refractivity contribution in [2.75, 3.05) is 59.5 Å². The molecule has 7 nitrogen and oxygen atoms in total. The first-order valence-electron chi connectivity index (χ1n) is 11.4. The largest absolute Gasteiger partial charge is 0.490 e. The smallest absolute Gasteiger partial charge is 0.255 e. The van der Waals surface area contributed by atoms with Crippen molar-refractivity contribution in [3.63, 3.8) is 0 Å². The molecule has 2 aliphatic heterocycles. The Balaban J connectivity index is 1.54. The predicted molar refractivity (Wildman–Crippen MR) is 132 cm³/mol. The van der Waals surface area contributed by atoms with E-state index in [0.29, 0.717) is 47.6 Å². The van der Waals surface area contributed by atoms with Crippen LogP contribution in [0, 0.1) is 0 Å². The first-order valence-corrected chi connectivity index (χ1v) is 12.1. The van der Waals surface area contributed by atoms with Gasteiger partial charge in [-0.25, -0.2) is 0 Å². The maximum absolute atomic E-state index is 13.3. The summed E-state index contributed by atoms with van der Waals surface area (Å²) in [5, 5.41) is 0.952. The minimum Gasteiger partial charge on any atom is -0.490 e. The predicted octanol–water partition coefficient (Wildman–Crippen LogP) is 3.45. The first-order chi connectivity index (χ1) is 16.3. The van der Waals surface area contributed by atoms with Gasteiger partial charge in [-0.1, -0.05) is 41.4 Å². The van der Waals surface area contributed by atoms with Crippen LogP contribution in [0.1, 0.15) is 16.8 Å². The highest BCUT2D eigenvalue weighted by molar-refractivity contribution is 6.33. The number of rotatable bonds is 6. The lowest BCUT2D eigenvalue weighted by molar-refractivity contribution is -0.154. The Morgan fingerprint density at radius 2 is 1.76 bits per heavy atom. The quantitative estimate of drug-likeness (QED) is 0.601. The fourth-order valence-corrected chi connectivity index (χ4v) is 4.68. The number of hydrogen-bond donors (Lipinski definition) is 0. The van der Waals surface area contributed by atoms with Crippen LogP contribution in [0.25, 0.3) is 0 Å². The van der Waals surface area contributed by atoms with Gasteiger partial charge in [0.05, 0.1) is 30.2 Å². The number of hydrogen-bond acceptors (Lipinski definition) is 5. The van der Waals surface area contributed by atoms with Crippen molar-refractivity contribution in [2.24, 2.45) is 0 Å². The maximum Gasteiger partial charge on any atom is 0.255 e. The number of amides is 2. The van der Waals surface area contributed by atoms with Gasteiger partial charge in [0.15, 0.2) is 0 Å². The molecule has 0 spiro atoms. The van der Waals surface area contributed by atoms with Gasteiger partial charge in [0.25, 0.3) is 5.91 Å². The number of carbonyl (C=O) groups is 2. The molecule has 0 N–H and O–H groups in total. The third kappa shape index (κ3) is 6.02. The molecule has 2 saturated heterocycles. The standard InChI is InChI=1S/C25H29Cl2N3O4/c1-28-9-11-29(12-10-28)23(31)16-25(18-33-20-6-4-5-19(26)15-20)17-30(13-14-34-25)24(32)21-7-2-3-8-22(21)27/h2-8,15H,9-14,16-18H2,1H3/t25-/m1/s1. The lowest BCUT2D eigenvalue weighted by Crippen LogP contribution is -2.59. The molecule has 4 rings (SSSR count). The molecule has 0 radical (unpaired) electrons. The van der Waals surface area contributed by atoms with E-state index >= 15 is 0 Å². The molecule has 0 unspecified atom stereocenters. The van der Waals surface area contributed by atoms with E-state index in [2.05, 4.69) is 4.90 Å². The van der Waals surface area contributed by atoms with Crippen molar-refractivity contribution in [3.05, 3.63) is 64.1 Å². The highest BCUT2D eigenvalue weighted by Crippen LogP contribution is 2.28. The van der Waals surface area contributed by atoms with E-state index in [9.17, 15) is 9.59 Å². The summed E-state index contributed by atoms with van der Waals surface area (Å²) in [7, 11) is 2.05. The van der Waals surface area contributed by atoms with Crippen molar-refractivity contribution >= 4 is 35.0 Å². The van der Waals surface area contributed by atoms with E-state index in [1.807, 2.05) is 11.9 Å². The van der Waals surface area contributed by atoms with Gasteiger partial charge in [-0.2, -0.15) is 0 Å². The molecule has 1 atom stereocenters. The van der Waals surface area contributed by atoms with Gasteiger partial charge in [-0.15, -0.1) is 0 Å². The van der Waals surface area contributed by atoms with Gasteiger partial charge in [0.1, 0.15) is 18.0 Å². The summed E-state index contributed by atoms with van der Waals surface area (Å²) < 4.78 is 12.2. The molecule has 2 aliphatic rings. The van der Waals surface area contributed by atoms with Crippen LogP contribution in [0.15, 0.2) is 48.5 Å². The molecule has 2 fully saturated rings. The molecule has 0 aromatic heterocycles. The molecule has 2 amide bonds. The summed E-state index contributed by atoms with van der Waals surface area (Å²) in [6, 6.07) is 14.1. The molecule has 2 aromatic carbocycles. The molecule has 0 saturated carbocycles. The second kappa shape index (κ2) is 11.0. The Morgan fingerprint density at radius 3 is 2.50 bits per heavy atom. The molecule has 182 valence electrons. The van der Waals surface area contributed by atoms with E-state index < -0.39 is 5.60 Å². The zero-order valence-corrected chi connectivity index (χ0v) is 20.7. The zero-order valence-electron chi connectivity index (χ0n) is 19.2. The normalized spacial score (nSPS) is 21.4. The lowest BCUT2D eigenvalue weighted by Gasteiger charge is -2.43. The summed E-state index contributed by atoms with van der Waals surface area (Å²) in [6.07, 6.45) is 0.115. The van der Waals surface area contributed by atoms with E-state index in [0.717, 1.165) is 13.1 Å². The van der Waals surface area contributed by atoms with Crippen molar-refractivity contribution in [2.45, 2.75) is 12.0 Å². The van der Waals surface area contributed by atoms with E-state index in [1.165, 1.54) is 0 Å². The number of carbonyl (C=O) groups excluding carboxylic acids is 2. The molecule has 0 bridgehead atoms. The van der Waals surface area contributed by atoms with Gasteiger partial charge >= 0.3 is 0 Å². The van der Waals surface area contributed by atoms with Gasteiger partial charge in [-0.3, -0.25) is 9.59 Å². The molecule has 9 heteroatoms. The summed E-state index contributed by atoms with van der Waals surface area (Å²) in [4.78, 5) is 32.3. The monoisotopic (exact) mass is 505 g/mol.